The summed E-state index contributed by atoms with van der Waals surface area (Å²) in [7, 11) is 0. The van der Waals surface area contributed by atoms with Crippen molar-refractivity contribution in [3.05, 3.63) is 29.8 Å². The molecular weight excluding hydrogens is 254 g/mol. The first kappa shape index (κ1) is 12.9. The Morgan fingerprint density at radius 2 is 1.80 bits per heavy atom. The molecule has 2 amide bonds. The van der Waals surface area contributed by atoms with Gasteiger partial charge in [-0.25, -0.2) is 4.90 Å². The molecule has 1 heterocycles. The van der Waals surface area contributed by atoms with Crippen molar-refractivity contribution in [2.24, 2.45) is 17.3 Å². The Hall–Kier alpha value is -2.12. The Balaban J connectivity index is 2.00. The van der Waals surface area contributed by atoms with Crippen LogP contribution in [0.1, 0.15) is 19.4 Å². The van der Waals surface area contributed by atoms with Crippen molar-refractivity contribution in [3.8, 4) is 11.8 Å². The van der Waals surface area contributed by atoms with Gasteiger partial charge in [-0.15, -0.1) is 0 Å². The van der Waals surface area contributed by atoms with Gasteiger partial charge in [-0.2, -0.15) is 0 Å². The lowest BCUT2D eigenvalue weighted by atomic mass is 10.0. The van der Waals surface area contributed by atoms with Crippen LogP contribution in [0.3, 0.4) is 0 Å². The van der Waals surface area contributed by atoms with E-state index in [-0.39, 0.29) is 35.7 Å². The predicted molar refractivity (Wildman–Crippen MR) is 73.7 cm³/mol. The van der Waals surface area contributed by atoms with Crippen LogP contribution >= 0.6 is 0 Å². The summed E-state index contributed by atoms with van der Waals surface area (Å²) in [6.07, 6.45) is 0. The third-order valence-corrected chi connectivity index (χ3v) is 4.25. The zero-order valence-electron chi connectivity index (χ0n) is 11.4. The molecule has 0 radical (unpaired) electrons. The second-order valence-corrected chi connectivity index (χ2v) is 5.77. The van der Waals surface area contributed by atoms with Crippen LogP contribution in [0, 0.1) is 29.1 Å². The molecule has 2 unspecified atom stereocenters. The molecule has 1 saturated heterocycles. The fourth-order valence-corrected chi connectivity index (χ4v) is 3.09. The SMILES string of the molecule is CC1(C)C2C(=O)N(c3ccccc3C#CCO)C(=O)C21. The molecule has 2 fully saturated rings. The summed E-state index contributed by atoms with van der Waals surface area (Å²) in [5.41, 5.74) is 0.893. The van der Waals surface area contributed by atoms with Gasteiger partial charge in [0, 0.05) is 5.56 Å². The normalized spacial score (nSPS) is 26.1. The number of fused-ring (bicyclic) bond motifs is 1. The van der Waals surface area contributed by atoms with Gasteiger partial charge < -0.3 is 5.11 Å². The van der Waals surface area contributed by atoms with Crippen molar-refractivity contribution in [1.82, 2.24) is 0 Å². The van der Waals surface area contributed by atoms with Crippen LogP contribution in [0.4, 0.5) is 5.69 Å². The van der Waals surface area contributed by atoms with Crippen LogP contribution in [0.25, 0.3) is 0 Å². The van der Waals surface area contributed by atoms with Gasteiger partial charge in [0.15, 0.2) is 0 Å². The minimum absolute atomic E-state index is 0.136. The molecule has 20 heavy (non-hydrogen) atoms. The van der Waals surface area contributed by atoms with Gasteiger partial charge in [0.2, 0.25) is 11.8 Å². The van der Waals surface area contributed by atoms with Crippen molar-refractivity contribution >= 4 is 17.5 Å². The number of anilines is 1. The maximum absolute atomic E-state index is 12.4. The molecule has 4 nitrogen and oxygen atoms in total. The van der Waals surface area contributed by atoms with Crippen LogP contribution in [0.5, 0.6) is 0 Å². The van der Waals surface area contributed by atoms with E-state index in [1.807, 2.05) is 13.8 Å². The van der Waals surface area contributed by atoms with E-state index in [0.29, 0.717) is 11.3 Å². The minimum atomic E-state index is -0.255. The molecule has 102 valence electrons. The number of piperidine rings is 1. The third kappa shape index (κ3) is 1.60. The van der Waals surface area contributed by atoms with E-state index in [1.165, 1.54) is 4.90 Å². The average Bonchev–Trinajstić information content (AvgIpc) is 2.88. The largest absolute Gasteiger partial charge is 0.384 e. The van der Waals surface area contributed by atoms with E-state index in [1.54, 1.807) is 24.3 Å². The highest BCUT2D eigenvalue weighted by Gasteiger charge is 2.72. The molecule has 1 aliphatic heterocycles. The lowest BCUT2D eigenvalue weighted by Crippen LogP contribution is -2.36. The third-order valence-electron chi connectivity index (χ3n) is 4.25. The van der Waals surface area contributed by atoms with Gasteiger partial charge in [-0.3, -0.25) is 9.59 Å². The first-order chi connectivity index (χ1) is 9.50. The number of carbonyl (C=O) groups excluding carboxylic acids is 2. The van der Waals surface area contributed by atoms with Gasteiger partial charge >= 0.3 is 0 Å². The number of rotatable bonds is 1. The standard InChI is InChI=1S/C16H15NO3/c1-16(2)12-13(16)15(20)17(14(12)19)11-8-4-3-6-10(11)7-5-9-18/h3-4,6,8,12-13,18H,9H2,1-2H3. The number of hydrogen-bond acceptors (Lipinski definition) is 3. The molecule has 2 atom stereocenters. The Morgan fingerprint density at radius 1 is 1.20 bits per heavy atom. The Morgan fingerprint density at radius 3 is 2.40 bits per heavy atom. The summed E-state index contributed by atoms with van der Waals surface area (Å²) in [6.45, 7) is 3.65. The number of nitrogens with zero attached hydrogens (tertiary/aromatic N) is 1. The highest BCUT2D eigenvalue weighted by Crippen LogP contribution is 2.63. The first-order valence-electron chi connectivity index (χ1n) is 6.56. The molecule has 1 aromatic rings. The number of benzene rings is 1. The average molecular weight is 269 g/mol. The summed E-state index contributed by atoms with van der Waals surface area (Å²) in [5, 5.41) is 8.78. The van der Waals surface area contributed by atoms with E-state index in [0.717, 1.165) is 0 Å². The molecule has 1 saturated carbocycles. The highest BCUT2D eigenvalue weighted by molar-refractivity contribution is 6.26. The van der Waals surface area contributed by atoms with E-state index in [9.17, 15) is 9.59 Å². The molecule has 1 N–H and O–H groups in total. The van der Waals surface area contributed by atoms with Gasteiger partial charge in [0.1, 0.15) is 6.61 Å². The molecule has 3 rings (SSSR count). The number of hydrogen-bond donors (Lipinski definition) is 1. The summed E-state index contributed by atoms with van der Waals surface area (Å²) < 4.78 is 0. The van der Waals surface area contributed by atoms with Crippen LogP contribution in [0.2, 0.25) is 0 Å². The second kappa shape index (κ2) is 4.19. The topological polar surface area (TPSA) is 57.6 Å². The lowest BCUT2D eigenvalue weighted by Gasteiger charge is -2.21. The second-order valence-electron chi connectivity index (χ2n) is 5.77. The predicted octanol–water partition coefficient (Wildman–Crippen LogP) is 1.18. The molecule has 2 aliphatic rings. The lowest BCUT2D eigenvalue weighted by molar-refractivity contribution is -0.125. The van der Waals surface area contributed by atoms with Crippen LogP contribution in [-0.4, -0.2) is 23.5 Å². The molecule has 0 aromatic heterocycles. The van der Waals surface area contributed by atoms with Gasteiger partial charge in [-0.05, 0) is 17.5 Å². The van der Waals surface area contributed by atoms with Crippen molar-refractivity contribution < 1.29 is 14.7 Å². The molecule has 4 heteroatoms. The number of para-hydroxylation sites is 1. The number of carbonyl (C=O) groups is 2. The van der Waals surface area contributed by atoms with Crippen molar-refractivity contribution in [2.45, 2.75) is 13.8 Å². The number of imide groups is 1. The van der Waals surface area contributed by atoms with Gasteiger partial charge in [-0.1, -0.05) is 37.8 Å². The molecule has 0 spiro atoms. The van der Waals surface area contributed by atoms with Crippen molar-refractivity contribution in [3.63, 3.8) is 0 Å². The highest BCUT2D eigenvalue weighted by atomic mass is 16.2. The van der Waals surface area contributed by atoms with Crippen LogP contribution in [0.15, 0.2) is 24.3 Å². The fourth-order valence-electron chi connectivity index (χ4n) is 3.09. The Kier molecular flexibility index (Phi) is 2.70. The fraction of sp³-hybridized carbons (Fsp3) is 0.375. The van der Waals surface area contributed by atoms with Crippen molar-refractivity contribution in [2.75, 3.05) is 11.5 Å². The molecule has 0 bridgehead atoms. The monoisotopic (exact) mass is 269 g/mol. The van der Waals surface area contributed by atoms with E-state index in [2.05, 4.69) is 11.8 Å². The Bertz CT molecular complexity index is 642. The molecule has 1 aromatic carbocycles. The maximum Gasteiger partial charge on any atom is 0.238 e. The van der Waals surface area contributed by atoms with Crippen LogP contribution < -0.4 is 4.90 Å². The van der Waals surface area contributed by atoms with Crippen molar-refractivity contribution in [1.29, 1.82) is 0 Å². The van der Waals surface area contributed by atoms with E-state index < -0.39 is 0 Å². The summed E-state index contributed by atoms with van der Waals surface area (Å²) in [5.74, 6) is 4.67. The number of aliphatic hydroxyl groups is 1. The van der Waals surface area contributed by atoms with Crippen LogP contribution in [-0.2, 0) is 9.59 Å². The molecule has 1 aliphatic carbocycles. The van der Waals surface area contributed by atoms with Gasteiger partial charge in [0.25, 0.3) is 0 Å². The summed E-state index contributed by atoms with van der Waals surface area (Å²) >= 11 is 0. The number of aliphatic hydroxyl groups excluding tert-OH is 1. The maximum atomic E-state index is 12.4. The zero-order chi connectivity index (χ0) is 14.5. The first-order valence-corrected chi connectivity index (χ1v) is 6.56. The van der Waals surface area contributed by atoms with E-state index >= 15 is 0 Å². The van der Waals surface area contributed by atoms with E-state index in [4.69, 9.17) is 5.11 Å². The molecular formula is C16H15NO3. The van der Waals surface area contributed by atoms with Gasteiger partial charge in [0.05, 0.1) is 17.5 Å². The quantitative estimate of drug-likeness (QED) is 0.615. The summed E-state index contributed by atoms with van der Waals surface area (Å²) in [4.78, 5) is 26.1. The minimum Gasteiger partial charge on any atom is -0.384 e. The number of amides is 2. The Labute approximate surface area is 117 Å². The zero-order valence-corrected chi connectivity index (χ0v) is 11.4. The summed E-state index contributed by atoms with van der Waals surface area (Å²) in [6, 6.07) is 7.03. The smallest absolute Gasteiger partial charge is 0.238 e.